The van der Waals surface area contributed by atoms with Crippen molar-refractivity contribution in [3.05, 3.63) is 0 Å². The van der Waals surface area contributed by atoms with Crippen LogP contribution in [0.5, 0.6) is 0 Å². The molecule has 3 heteroatoms. The maximum absolute atomic E-state index is 3.81. The molecule has 0 aromatic rings. The van der Waals surface area contributed by atoms with Crippen molar-refractivity contribution in [2.45, 2.75) is 77.5 Å². The SMILES string of the molecule is CCC1(C)CN(C2CCN(C)C(C)C2)C(C(C)C)CN1. The smallest absolute Gasteiger partial charge is 0.0278 e. The van der Waals surface area contributed by atoms with Gasteiger partial charge in [0.2, 0.25) is 0 Å². The van der Waals surface area contributed by atoms with Crippen molar-refractivity contribution in [1.29, 1.82) is 0 Å². The van der Waals surface area contributed by atoms with E-state index < -0.39 is 0 Å². The van der Waals surface area contributed by atoms with Gasteiger partial charge in [-0.25, -0.2) is 0 Å². The Bertz CT molecular complexity index is 317. The van der Waals surface area contributed by atoms with Gasteiger partial charge in [0, 0.05) is 36.8 Å². The molecule has 0 saturated carbocycles. The lowest BCUT2D eigenvalue weighted by Gasteiger charge is -2.52. The monoisotopic (exact) mass is 281 g/mol. The average Bonchev–Trinajstić information content (AvgIpc) is 2.41. The van der Waals surface area contributed by atoms with Crippen LogP contribution < -0.4 is 5.32 Å². The Kier molecular flexibility index (Phi) is 5.14. The summed E-state index contributed by atoms with van der Waals surface area (Å²) in [5, 5.41) is 3.81. The Morgan fingerprint density at radius 3 is 2.60 bits per heavy atom. The van der Waals surface area contributed by atoms with Gasteiger partial charge < -0.3 is 10.2 Å². The van der Waals surface area contributed by atoms with Crippen LogP contribution in [0.3, 0.4) is 0 Å². The number of rotatable bonds is 3. The van der Waals surface area contributed by atoms with Gasteiger partial charge in [0.15, 0.2) is 0 Å². The molecule has 2 rings (SSSR count). The standard InChI is InChI=1S/C17H35N3/c1-7-17(5)12-20(16(11-18-17)13(2)3)15-8-9-19(6)14(4)10-15/h13-16,18H,7-12H2,1-6H3. The summed E-state index contributed by atoms with van der Waals surface area (Å²) in [6.45, 7) is 15.5. The summed E-state index contributed by atoms with van der Waals surface area (Å²) >= 11 is 0. The summed E-state index contributed by atoms with van der Waals surface area (Å²) < 4.78 is 0. The highest BCUT2D eigenvalue weighted by molar-refractivity contribution is 4.99. The molecule has 2 saturated heterocycles. The van der Waals surface area contributed by atoms with Crippen LogP contribution >= 0.6 is 0 Å². The first-order valence-electron chi connectivity index (χ1n) is 8.57. The minimum atomic E-state index is 0.304. The summed E-state index contributed by atoms with van der Waals surface area (Å²) in [6.07, 6.45) is 3.89. The predicted molar refractivity (Wildman–Crippen MR) is 87.1 cm³/mol. The third-order valence-corrected chi connectivity index (χ3v) is 5.90. The molecule has 4 atom stereocenters. The summed E-state index contributed by atoms with van der Waals surface area (Å²) in [5.41, 5.74) is 0.304. The molecule has 20 heavy (non-hydrogen) atoms. The topological polar surface area (TPSA) is 18.5 Å². The van der Waals surface area contributed by atoms with Crippen LogP contribution in [0.15, 0.2) is 0 Å². The minimum absolute atomic E-state index is 0.304. The zero-order valence-corrected chi connectivity index (χ0v) is 14.4. The molecule has 4 unspecified atom stereocenters. The second-order valence-electron chi connectivity index (χ2n) is 7.79. The molecule has 2 fully saturated rings. The van der Waals surface area contributed by atoms with Crippen LogP contribution in [0.1, 0.15) is 53.9 Å². The number of piperidine rings is 1. The molecule has 2 heterocycles. The normalized spacial score (nSPS) is 41.2. The molecular weight excluding hydrogens is 246 g/mol. The Labute approximate surface area is 126 Å². The summed E-state index contributed by atoms with van der Waals surface area (Å²) in [4.78, 5) is 5.37. The van der Waals surface area contributed by atoms with Crippen LogP contribution in [0, 0.1) is 5.92 Å². The van der Waals surface area contributed by atoms with E-state index in [1.165, 1.54) is 32.4 Å². The van der Waals surface area contributed by atoms with E-state index in [0.29, 0.717) is 11.6 Å². The zero-order valence-electron chi connectivity index (χ0n) is 14.4. The third-order valence-electron chi connectivity index (χ3n) is 5.90. The second kappa shape index (κ2) is 6.33. The van der Waals surface area contributed by atoms with Crippen molar-refractivity contribution in [1.82, 2.24) is 15.1 Å². The van der Waals surface area contributed by atoms with Crippen molar-refractivity contribution in [3.63, 3.8) is 0 Å². The Balaban J connectivity index is 2.11. The molecule has 0 aliphatic carbocycles. The number of hydrogen-bond donors (Lipinski definition) is 1. The molecule has 0 aromatic carbocycles. The maximum atomic E-state index is 3.81. The van der Waals surface area contributed by atoms with Gasteiger partial charge in [-0.3, -0.25) is 4.90 Å². The largest absolute Gasteiger partial charge is 0.309 e. The lowest BCUT2D eigenvalue weighted by Crippen LogP contribution is -2.67. The highest BCUT2D eigenvalue weighted by Gasteiger charge is 2.40. The lowest BCUT2D eigenvalue weighted by atomic mass is 9.86. The molecule has 3 nitrogen and oxygen atoms in total. The molecule has 2 aliphatic heterocycles. The van der Waals surface area contributed by atoms with Crippen LogP contribution in [0.4, 0.5) is 0 Å². The molecular formula is C17H35N3. The van der Waals surface area contributed by atoms with Crippen LogP contribution in [0.25, 0.3) is 0 Å². The first-order chi connectivity index (χ1) is 9.36. The van der Waals surface area contributed by atoms with E-state index in [2.05, 4.69) is 56.8 Å². The lowest BCUT2D eigenvalue weighted by molar-refractivity contribution is -0.00695. The van der Waals surface area contributed by atoms with Crippen molar-refractivity contribution in [2.24, 2.45) is 5.92 Å². The highest BCUT2D eigenvalue weighted by Crippen LogP contribution is 2.30. The van der Waals surface area contributed by atoms with Gasteiger partial charge in [0.05, 0.1) is 0 Å². The predicted octanol–water partition coefficient (Wildman–Crippen LogP) is 2.57. The third kappa shape index (κ3) is 3.37. The van der Waals surface area contributed by atoms with Crippen molar-refractivity contribution >= 4 is 0 Å². The van der Waals surface area contributed by atoms with E-state index in [4.69, 9.17) is 0 Å². The molecule has 118 valence electrons. The van der Waals surface area contributed by atoms with Crippen LogP contribution in [0.2, 0.25) is 0 Å². The van der Waals surface area contributed by atoms with Gasteiger partial charge >= 0.3 is 0 Å². The molecule has 0 spiro atoms. The number of nitrogens with zero attached hydrogens (tertiary/aromatic N) is 2. The van der Waals surface area contributed by atoms with E-state index in [1.807, 2.05) is 0 Å². The number of hydrogen-bond acceptors (Lipinski definition) is 3. The minimum Gasteiger partial charge on any atom is -0.309 e. The fourth-order valence-electron chi connectivity index (χ4n) is 3.87. The number of piperazine rings is 1. The number of nitrogens with one attached hydrogen (secondary N) is 1. The summed E-state index contributed by atoms with van der Waals surface area (Å²) in [7, 11) is 2.27. The first kappa shape index (κ1) is 16.3. The van der Waals surface area contributed by atoms with Crippen molar-refractivity contribution < 1.29 is 0 Å². The zero-order chi connectivity index (χ0) is 14.9. The van der Waals surface area contributed by atoms with Gasteiger partial charge in [-0.15, -0.1) is 0 Å². The van der Waals surface area contributed by atoms with Crippen LogP contribution in [-0.2, 0) is 0 Å². The molecule has 1 N–H and O–H groups in total. The molecule has 2 aliphatic rings. The van der Waals surface area contributed by atoms with Gasteiger partial charge in [-0.1, -0.05) is 20.8 Å². The van der Waals surface area contributed by atoms with Gasteiger partial charge in [0.25, 0.3) is 0 Å². The van der Waals surface area contributed by atoms with Crippen LogP contribution in [-0.4, -0.2) is 60.1 Å². The fourth-order valence-corrected chi connectivity index (χ4v) is 3.87. The average molecular weight is 281 g/mol. The molecule has 0 aromatic heterocycles. The number of likely N-dealkylation sites (tertiary alicyclic amines) is 1. The van der Waals surface area contributed by atoms with Gasteiger partial charge in [-0.05, 0) is 52.6 Å². The Morgan fingerprint density at radius 1 is 1.35 bits per heavy atom. The van der Waals surface area contributed by atoms with E-state index in [0.717, 1.165) is 24.5 Å². The second-order valence-corrected chi connectivity index (χ2v) is 7.79. The van der Waals surface area contributed by atoms with Crippen molar-refractivity contribution in [2.75, 3.05) is 26.7 Å². The van der Waals surface area contributed by atoms with E-state index in [-0.39, 0.29) is 0 Å². The van der Waals surface area contributed by atoms with E-state index in [9.17, 15) is 0 Å². The quantitative estimate of drug-likeness (QED) is 0.858. The summed E-state index contributed by atoms with van der Waals surface area (Å²) in [5.74, 6) is 0.735. The van der Waals surface area contributed by atoms with Gasteiger partial charge in [-0.2, -0.15) is 0 Å². The van der Waals surface area contributed by atoms with E-state index in [1.54, 1.807) is 0 Å². The van der Waals surface area contributed by atoms with Crippen molar-refractivity contribution in [3.8, 4) is 0 Å². The van der Waals surface area contributed by atoms with Gasteiger partial charge in [0.1, 0.15) is 0 Å². The maximum Gasteiger partial charge on any atom is 0.0278 e. The highest BCUT2D eigenvalue weighted by atomic mass is 15.3. The Hall–Kier alpha value is -0.120. The summed E-state index contributed by atoms with van der Waals surface area (Å²) in [6, 6.07) is 2.21. The fraction of sp³-hybridized carbons (Fsp3) is 1.00. The molecule has 0 bridgehead atoms. The Morgan fingerprint density at radius 2 is 2.05 bits per heavy atom. The molecule has 0 radical (unpaired) electrons. The van der Waals surface area contributed by atoms with E-state index >= 15 is 0 Å². The molecule has 0 amide bonds. The first-order valence-corrected chi connectivity index (χ1v) is 8.57.